The number of piperidine rings is 1. The molecule has 0 saturated carbocycles. The summed E-state index contributed by atoms with van der Waals surface area (Å²) in [5, 5.41) is 1.35. The summed E-state index contributed by atoms with van der Waals surface area (Å²) < 4.78 is 13.6. The molecular formula is C26H42N2O3Si. The molecule has 1 saturated heterocycles. The van der Waals surface area contributed by atoms with Gasteiger partial charge in [0.05, 0.1) is 5.52 Å². The normalized spacial score (nSPS) is 17.1. The van der Waals surface area contributed by atoms with Gasteiger partial charge in [0.1, 0.15) is 5.60 Å². The third-order valence-corrected chi connectivity index (χ3v) is 11.4. The molecule has 1 aromatic carbocycles. The van der Waals surface area contributed by atoms with E-state index in [9.17, 15) is 4.79 Å². The zero-order valence-electron chi connectivity index (χ0n) is 21.3. The molecule has 1 aliphatic rings. The van der Waals surface area contributed by atoms with Crippen molar-refractivity contribution in [1.82, 2.24) is 9.47 Å². The zero-order valence-corrected chi connectivity index (χ0v) is 22.3. The van der Waals surface area contributed by atoms with Crippen LogP contribution in [-0.2, 0) is 15.7 Å². The fourth-order valence-corrected chi connectivity index (χ4v) is 4.96. The van der Waals surface area contributed by atoms with E-state index in [1.807, 2.05) is 32.9 Å². The van der Waals surface area contributed by atoms with Crippen molar-refractivity contribution < 1.29 is 14.0 Å². The molecule has 2 aromatic rings. The van der Waals surface area contributed by atoms with Crippen molar-refractivity contribution in [3.05, 3.63) is 36.0 Å². The van der Waals surface area contributed by atoms with E-state index in [1.165, 1.54) is 18.4 Å². The van der Waals surface area contributed by atoms with Gasteiger partial charge in [-0.2, -0.15) is 0 Å². The Labute approximate surface area is 195 Å². The molecule has 0 spiro atoms. The summed E-state index contributed by atoms with van der Waals surface area (Å²) in [5.41, 5.74) is 1.68. The van der Waals surface area contributed by atoms with Gasteiger partial charge in [-0.15, -0.1) is 0 Å². The molecule has 0 aliphatic carbocycles. The van der Waals surface area contributed by atoms with Crippen molar-refractivity contribution >= 4 is 25.3 Å². The van der Waals surface area contributed by atoms with E-state index in [2.05, 4.69) is 50.9 Å². The van der Waals surface area contributed by atoms with Gasteiger partial charge < -0.3 is 9.16 Å². The van der Waals surface area contributed by atoms with Crippen molar-refractivity contribution in [2.24, 2.45) is 5.92 Å². The van der Waals surface area contributed by atoms with Crippen molar-refractivity contribution in [1.29, 1.82) is 0 Å². The molecule has 0 amide bonds. The summed E-state index contributed by atoms with van der Waals surface area (Å²) in [5.74, 6) is 0.672. The second-order valence-electron chi connectivity index (χ2n) is 11.9. The zero-order chi connectivity index (χ0) is 23.7. The van der Waals surface area contributed by atoms with Gasteiger partial charge in [0.25, 0.3) is 0 Å². The lowest BCUT2D eigenvalue weighted by Gasteiger charge is -2.39. The average molecular weight is 459 g/mol. The van der Waals surface area contributed by atoms with Crippen LogP contribution in [0.2, 0.25) is 18.1 Å². The number of aromatic nitrogens is 1. The molecule has 0 bridgehead atoms. The first-order valence-corrected chi connectivity index (χ1v) is 14.9. The first-order chi connectivity index (χ1) is 14.7. The van der Waals surface area contributed by atoms with Crippen LogP contribution in [0.1, 0.15) is 59.9 Å². The highest BCUT2D eigenvalue weighted by Crippen LogP contribution is 2.37. The molecule has 32 heavy (non-hydrogen) atoms. The number of hydrogen-bond donors (Lipinski definition) is 0. The van der Waals surface area contributed by atoms with Crippen LogP contribution in [-0.4, -0.2) is 49.2 Å². The van der Waals surface area contributed by atoms with Crippen molar-refractivity contribution in [2.75, 3.05) is 19.7 Å². The van der Waals surface area contributed by atoms with Gasteiger partial charge in [-0.1, -0.05) is 26.8 Å². The predicted octanol–water partition coefficient (Wildman–Crippen LogP) is 6.66. The highest BCUT2D eigenvalue weighted by atomic mass is 28.4. The molecule has 1 aromatic heterocycles. The van der Waals surface area contributed by atoms with E-state index in [1.54, 1.807) is 10.8 Å². The number of carbonyl (C=O) groups excluding carboxylic acids is 1. The topological polar surface area (TPSA) is 43.7 Å². The summed E-state index contributed by atoms with van der Waals surface area (Å²) in [4.78, 5) is 15.0. The quantitative estimate of drug-likeness (QED) is 0.470. The van der Waals surface area contributed by atoms with E-state index in [-0.39, 0.29) is 11.1 Å². The summed E-state index contributed by atoms with van der Waals surface area (Å²) in [6, 6.07) is 8.36. The van der Waals surface area contributed by atoms with Crippen LogP contribution in [0.5, 0.6) is 0 Å². The molecule has 0 unspecified atom stereocenters. The van der Waals surface area contributed by atoms with Crippen LogP contribution >= 0.6 is 0 Å². The molecule has 178 valence electrons. The van der Waals surface area contributed by atoms with Crippen LogP contribution in [0, 0.1) is 5.92 Å². The minimum atomic E-state index is -1.66. The van der Waals surface area contributed by atoms with Crippen LogP contribution in [0.15, 0.2) is 30.5 Å². The fourth-order valence-electron chi connectivity index (χ4n) is 3.87. The average Bonchev–Trinajstić information content (AvgIpc) is 3.09. The fraction of sp³-hybridized carbons (Fsp3) is 0.654. The molecule has 0 atom stereocenters. The van der Waals surface area contributed by atoms with Gasteiger partial charge in [0.15, 0.2) is 8.32 Å². The van der Waals surface area contributed by atoms with Gasteiger partial charge in [-0.05, 0) is 94.5 Å². The Hall–Kier alpha value is -1.63. The monoisotopic (exact) mass is 458 g/mol. The number of carbonyl (C=O) groups is 1. The van der Waals surface area contributed by atoms with Crippen molar-refractivity contribution in [3.63, 3.8) is 0 Å². The van der Waals surface area contributed by atoms with E-state index in [0.29, 0.717) is 5.92 Å². The Morgan fingerprint density at radius 1 is 1.06 bits per heavy atom. The summed E-state index contributed by atoms with van der Waals surface area (Å²) in [6.45, 7) is 21.3. The third-order valence-electron chi connectivity index (χ3n) is 6.94. The van der Waals surface area contributed by atoms with E-state index in [4.69, 9.17) is 9.16 Å². The number of benzene rings is 1. The number of ether oxygens (including phenoxy) is 1. The molecule has 6 heteroatoms. The lowest BCUT2D eigenvalue weighted by atomic mass is 9.97. The van der Waals surface area contributed by atoms with Crippen LogP contribution in [0.4, 0.5) is 4.79 Å². The molecule has 1 aliphatic heterocycles. The minimum Gasteiger partial charge on any atom is -0.443 e. The number of likely N-dealkylation sites (tertiary alicyclic amines) is 1. The first-order valence-electron chi connectivity index (χ1n) is 11.9. The van der Waals surface area contributed by atoms with Crippen molar-refractivity contribution in [2.45, 2.75) is 84.7 Å². The minimum absolute atomic E-state index is 0.273. The molecule has 1 fully saturated rings. The lowest BCUT2D eigenvalue weighted by molar-refractivity contribution is 0.0544. The number of hydrogen-bond acceptors (Lipinski definition) is 4. The van der Waals surface area contributed by atoms with Gasteiger partial charge >= 0.3 is 6.09 Å². The predicted molar refractivity (Wildman–Crippen MR) is 135 cm³/mol. The van der Waals surface area contributed by atoms with Crippen LogP contribution in [0.3, 0.4) is 0 Å². The first kappa shape index (κ1) is 25.0. The number of rotatable bonds is 5. The van der Waals surface area contributed by atoms with E-state index in [0.717, 1.165) is 37.1 Å². The Kier molecular flexibility index (Phi) is 7.28. The summed E-state index contributed by atoms with van der Waals surface area (Å²) >= 11 is 0. The largest absolute Gasteiger partial charge is 0.443 e. The Morgan fingerprint density at radius 3 is 2.31 bits per heavy atom. The Balaban J connectivity index is 1.54. The van der Waals surface area contributed by atoms with Crippen LogP contribution in [0.25, 0.3) is 10.9 Å². The highest BCUT2D eigenvalue weighted by molar-refractivity contribution is 6.74. The van der Waals surface area contributed by atoms with Crippen molar-refractivity contribution in [3.8, 4) is 0 Å². The Bertz CT molecular complexity index is 929. The molecule has 0 radical (unpaired) electrons. The number of fused-ring (bicyclic) bond motifs is 1. The molecule has 2 heterocycles. The second kappa shape index (κ2) is 9.32. The standard InChI is InChI=1S/C26H42N2O3Si/c1-25(2,3)31-24(29)28-16-13-22-17-21(9-10-23(22)28)18-27-14-11-20(12-15-27)19-30-32(7,8)26(4,5)6/h9-10,13,16-17,20H,11-12,14-15,18-19H2,1-8H3. The maximum atomic E-state index is 12.5. The maximum absolute atomic E-state index is 12.5. The van der Waals surface area contributed by atoms with Gasteiger partial charge in [-0.3, -0.25) is 9.47 Å². The molecular weight excluding hydrogens is 416 g/mol. The second-order valence-corrected chi connectivity index (χ2v) is 16.7. The SMILES string of the molecule is CC(C)(C)OC(=O)n1ccc2cc(CN3CCC(CO[Si](C)(C)C(C)(C)C)CC3)ccc21. The summed E-state index contributed by atoms with van der Waals surface area (Å²) in [6.07, 6.45) is 3.87. The third kappa shape index (κ3) is 6.24. The van der Waals surface area contributed by atoms with E-state index >= 15 is 0 Å². The molecule has 3 rings (SSSR count). The lowest BCUT2D eigenvalue weighted by Crippen LogP contribution is -2.43. The Morgan fingerprint density at radius 2 is 1.72 bits per heavy atom. The summed E-state index contributed by atoms with van der Waals surface area (Å²) in [7, 11) is -1.66. The highest BCUT2D eigenvalue weighted by Gasteiger charge is 2.37. The van der Waals surface area contributed by atoms with E-state index < -0.39 is 13.9 Å². The molecule has 0 N–H and O–H groups in total. The maximum Gasteiger partial charge on any atom is 0.418 e. The molecule has 5 nitrogen and oxygen atoms in total. The number of nitrogens with zero attached hydrogens (tertiary/aromatic N) is 2. The van der Waals surface area contributed by atoms with Gasteiger partial charge in [0, 0.05) is 24.7 Å². The van der Waals surface area contributed by atoms with Gasteiger partial charge in [-0.25, -0.2) is 4.79 Å². The van der Waals surface area contributed by atoms with Gasteiger partial charge in [0.2, 0.25) is 0 Å². The smallest absolute Gasteiger partial charge is 0.418 e. The van der Waals surface area contributed by atoms with Crippen LogP contribution < -0.4 is 0 Å².